The summed E-state index contributed by atoms with van der Waals surface area (Å²) >= 11 is 0. The molecule has 0 bridgehead atoms. The first-order valence-corrected chi connectivity index (χ1v) is 10.9. The summed E-state index contributed by atoms with van der Waals surface area (Å²) in [4.78, 5) is 25.5. The van der Waals surface area contributed by atoms with Crippen molar-refractivity contribution in [2.45, 2.75) is 26.2 Å². The molecule has 1 saturated heterocycles. The van der Waals surface area contributed by atoms with Crippen LogP contribution in [-0.2, 0) is 17.6 Å². The van der Waals surface area contributed by atoms with Crippen molar-refractivity contribution in [3.05, 3.63) is 66.0 Å². The Morgan fingerprint density at radius 3 is 2.77 bits per heavy atom. The van der Waals surface area contributed by atoms with Crippen molar-refractivity contribution in [3.8, 4) is 0 Å². The van der Waals surface area contributed by atoms with Crippen molar-refractivity contribution >= 4 is 11.9 Å². The number of nitrogens with one attached hydrogen (secondary N) is 1. The van der Waals surface area contributed by atoms with Crippen LogP contribution in [0.5, 0.6) is 0 Å². The second kappa shape index (κ2) is 11.3. The number of likely N-dealkylation sites (tertiary alicyclic amines) is 1. The van der Waals surface area contributed by atoms with Crippen LogP contribution in [0, 0.1) is 5.92 Å². The van der Waals surface area contributed by atoms with E-state index in [2.05, 4.69) is 57.4 Å². The zero-order chi connectivity index (χ0) is 21.2. The first kappa shape index (κ1) is 21.8. The molecule has 1 unspecified atom stereocenters. The Labute approximate surface area is 180 Å². The average Bonchev–Trinajstić information content (AvgIpc) is 3.24. The first-order valence-electron chi connectivity index (χ1n) is 10.9. The fraction of sp³-hybridized carbons (Fsp3) is 0.458. The van der Waals surface area contributed by atoms with Crippen LogP contribution in [0.3, 0.4) is 0 Å². The van der Waals surface area contributed by atoms with Crippen molar-refractivity contribution in [2.75, 3.05) is 39.8 Å². The topological polar surface area (TPSA) is 60.8 Å². The minimum atomic E-state index is 0.0290. The molecule has 1 aromatic carbocycles. The molecule has 1 aliphatic heterocycles. The number of carbonyl (C=O) groups is 1. The molecule has 6 heteroatoms. The molecule has 1 amide bonds. The molecule has 1 aliphatic rings. The number of aromatic nitrogens is 1. The van der Waals surface area contributed by atoms with E-state index in [4.69, 9.17) is 0 Å². The second-order valence-corrected chi connectivity index (χ2v) is 7.85. The third-order valence-corrected chi connectivity index (χ3v) is 5.51. The minimum absolute atomic E-state index is 0.0290. The Morgan fingerprint density at radius 1 is 1.23 bits per heavy atom. The maximum atomic E-state index is 12.5. The van der Waals surface area contributed by atoms with E-state index in [0.29, 0.717) is 12.5 Å². The monoisotopic (exact) mass is 407 g/mol. The van der Waals surface area contributed by atoms with Crippen LogP contribution in [-0.4, -0.2) is 66.4 Å². The van der Waals surface area contributed by atoms with Crippen molar-refractivity contribution < 1.29 is 4.79 Å². The lowest BCUT2D eigenvalue weighted by Crippen LogP contribution is -2.41. The molecule has 2 aromatic rings. The summed E-state index contributed by atoms with van der Waals surface area (Å²) in [6.07, 6.45) is 4.77. The standard InChI is InChI=1S/C24H33N5O/c1-3-25-24(29-16-12-21(19-29)17-20-9-5-4-6-10-20)27-18-23(30)28(2)15-13-22-11-7-8-14-26-22/h4-11,14,21H,3,12-13,15-19H2,1-2H3,(H,25,27). The summed E-state index contributed by atoms with van der Waals surface area (Å²) in [5, 5.41) is 3.36. The van der Waals surface area contributed by atoms with Gasteiger partial charge in [0.15, 0.2) is 5.96 Å². The molecule has 1 fully saturated rings. The van der Waals surface area contributed by atoms with Gasteiger partial charge in [-0.25, -0.2) is 4.99 Å². The zero-order valence-corrected chi connectivity index (χ0v) is 18.1. The molecule has 1 aromatic heterocycles. The number of nitrogens with zero attached hydrogens (tertiary/aromatic N) is 4. The van der Waals surface area contributed by atoms with E-state index in [-0.39, 0.29) is 12.5 Å². The maximum Gasteiger partial charge on any atom is 0.244 e. The summed E-state index contributed by atoms with van der Waals surface area (Å²) < 4.78 is 0. The van der Waals surface area contributed by atoms with Gasteiger partial charge in [-0.2, -0.15) is 0 Å². The fourth-order valence-corrected chi connectivity index (χ4v) is 3.78. The molecule has 30 heavy (non-hydrogen) atoms. The Bertz CT molecular complexity index is 809. The van der Waals surface area contributed by atoms with Gasteiger partial charge >= 0.3 is 0 Å². The summed E-state index contributed by atoms with van der Waals surface area (Å²) in [6.45, 7) is 5.62. The summed E-state index contributed by atoms with van der Waals surface area (Å²) in [6, 6.07) is 16.5. The van der Waals surface area contributed by atoms with Crippen molar-refractivity contribution in [1.82, 2.24) is 20.1 Å². The molecular formula is C24H33N5O. The van der Waals surface area contributed by atoms with E-state index in [0.717, 1.165) is 50.6 Å². The molecule has 1 atom stereocenters. The first-order chi connectivity index (χ1) is 14.7. The van der Waals surface area contributed by atoms with Crippen LogP contribution in [0.15, 0.2) is 59.7 Å². The van der Waals surface area contributed by atoms with Crippen LogP contribution >= 0.6 is 0 Å². The number of carbonyl (C=O) groups excluding carboxylic acids is 1. The largest absolute Gasteiger partial charge is 0.357 e. The van der Waals surface area contributed by atoms with Gasteiger partial charge in [0.2, 0.25) is 5.91 Å². The quantitative estimate of drug-likeness (QED) is 0.540. The van der Waals surface area contributed by atoms with Gasteiger partial charge in [0.1, 0.15) is 6.54 Å². The smallest absolute Gasteiger partial charge is 0.244 e. The van der Waals surface area contributed by atoms with Gasteiger partial charge in [0.25, 0.3) is 0 Å². The highest BCUT2D eigenvalue weighted by atomic mass is 16.2. The van der Waals surface area contributed by atoms with Crippen molar-refractivity contribution in [2.24, 2.45) is 10.9 Å². The van der Waals surface area contributed by atoms with E-state index in [1.807, 2.05) is 25.2 Å². The lowest BCUT2D eigenvalue weighted by molar-refractivity contribution is -0.128. The number of pyridine rings is 1. The highest BCUT2D eigenvalue weighted by Crippen LogP contribution is 2.20. The molecule has 0 spiro atoms. The van der Waals surface area contributed by atoms with E-state index >= 15 is 0 Å². The lowest BCUT2D eigenvalue weighted by Gasteiger charge is -2.22. The lowest BCUT2D eigenvalue weighted by atomic mass is 9.99. The van der Waals surface area contributed by atoms with Gasteiger partial charge in [0.05, 0.1) is 0 Å². The van der Waals surface area contributed by atoms with Crippen LogP contribution in [0.4, 0.5) is 0 Å². The van der Waals surface area contributed by atoms with E-state index in [9.17, 15) is 4.79 Å². The third kappa shape index (κ3) is 6.58. The van der Waals surface area contributed by atoms with Gasteiger partial charge in [-0.3, -0.25) is 9.78 Å². The number of benzene rings is 1. The Hall–Kier alpha value is -2.89. The van der Waals surface area contributed by atoms with E-state index < -0.39 is 0 Å². The van der Waals surface area contributed by atoms with E-state index in [1.54, 1.807) is 11.1 Å². The van der Waals surface area contributed by atoms with Gasteiger partial charge in [-0.15, -0.1) is 0 Å². The zero-order valence-electron chi connectivity index (χ0n) is 18.1. The molecule has 6 nitrogen and oxygen atoms in total. The molecular weight excluding hydrogens is 374 g/mol. The Kier molecular flexibility index (Phi) is 8.24. The average molecular weight is 408 g/mol. The maximum absolute atomic E-state index is 12.5. The van der Waals surface area contributed by atoms with Crippen molar-refractivity contribution in [3.63, 3.8) is 0 Å². The van der Waals surface area contributed by atoms with Gasteiger partial charge < -0.3 is 15.1 Å². The molecule has 3 rings (SSSR count). The predicted octanol–water partition coefficient (Wildman–Crippen LogP) is 2.61. The summed E-state index contributed by atoms with van der Waals surface area (Å²) in [7, 11) is 1.83. The number of hydrogen-bond acceptors (Lipinski definition) is 3. The van der Waals surface area contributed by atoms with Crippen LogP contribution in [0.25, 0.3) is 0 Å². The van der Waals surface area contributed by atoms with Crippen molar-refractivity contribution in [1.29, 1.82) is 0 Å². The number of rotatable bonds is 8. The number of guanidine groups is 1. The molecule has 0 saturated carbocycles. The number of amides is 1. The Morgan fingerprint density at radius 2 is 2.03 bits per heavy atom. The van der Waals surface area contributed by atoms with Gasteiger partial charge in [-0.05, 0) is 43.4 Å². The molecule has 0 aliphatic carbocycles. The normalized spacial score (nSPS) is 16.5. The van der Waals surface area contributed by atoms with E-state index in [1.165, 1.54) is 5.56 Å². The van der Waals surface area contributed by atoms with Crippen LogP contribution in [0.1, 0.15) is 24.6 Å². The molecule has 160 valence electrons. The summed E-state index contributed by atoms with van der Waals surface area (Å²) in [5.74, 6) is 1.49. The predicted molar refractivity (Wildman–Crippen MR) is 121 cm³/mol. The van der Waals surface area contributed by atoms with Gasteiger partial charge in [0, 0.05) is 51.5 Å². The van der Waals surface area contributed by atoms with Gasteiger partial charge in [-0.1, -0.05) is 36.4 Å². The third-order valence-electron chi connectivity index (χ3n) is 5.51. The van der Waals surface area contributed by atoms with Crippen LogP contribution in [0.2, 0.25) is 0 Å². The SMILES string of the molecule is CCNC(=NCC(=O)N(C)CCc1ccccn1)N1CCC(Cc2ccccc2)C1. The second-order valence-electron chi connectivity index (χ2n) is 7.85. The molecule has 2 heterocycles. The highest BCUT2D eigenvalue weighted by Gasteiger charge is 2.25. The fourth-order valence-electron chi connectivity index (χ4n) is 3.78. The number of aliphatic imine (C=N–C) groups is 1. The van der Waals surface area contributed by atoms with Crippen LogP contribution < -0.4 is 5.32 Å². The summed E-state index contributed by atoms with van der Waals surface area (Å²) in [5.41, 5.74) is 2.38. The molecule has 0 radical (unpaired) electrons. The number of likely N-dealkylation sites (N-methyl/N-ethyl adjacent to an activating group) is 1. The Balaban J connectivity index is 1.50. The highest BCUT2D eigenvalue weighted by molar-refractivity contribution is 5.85. The minimum Gasteiger partial charge on any atom is -0.357 e. The number of hydrogen-bond donors (Lipinski definition) is 1. The molecule has 1 N–H and O–H groups in total.